The molecule has 0 atom stereocenters. The molecule has 4 rings (SSSR count). The third kappa shape index (κ3) is 1.52. The Bertz CT molecular complexity index is 802. The van der Waals surface area contributed by atoms with E-state index in [0.717, 1.165) is 16.6 Å². The van der Waals surface area contributed by atoms with Crippen LogP contribution in [0.25, 0.3) is 10.9 Å². The van der Waals surface area contributed by atoms with Gasteiger partial charge in [-0.25, -0.2) is 4.39 Å². The highest BCUT2D eigenvalue weighted by atomic mass is 79.9. The normalized spacial score (nSPS) is 27.3. The van der Waals surface area contributed by atoms with E-state index >= 15 is 0 Å². The van der Waals surface area contributed by atoms with Crippen LogP contribution >= 0.6 is 15.9 Å². The average Bonchev–Trinajstić information content (AvgIpc) is 2.63. The number of hydrogen-bond acceptors (Lipinski definition) is 3. The molecule has 1 saturated carbocycles. The zero-order valence-corrected chi connectivity index (χ0v) is 12.8. The van der Waals surface area contributed by atoms with Gasteiger partial charge in [-0.1, -0.05) is 0 Å². The molecule has 6 heteroatoms. The van der Waals surface area contributed by atoms with Crippen LogP contribution < -0.4 is 4.90 Å². The molecule has 1 aromatic carbocycles. The third-order valence-electron chi connectivity index (χ3n) is 4.61. The van der Waals surface area contributed by atoms with Gasteiger partial charge in [-0.15, -0.1) is 0 Å². The van der Waals surface area contributed by atoms with Gasteiger partial charge < -0.3 is 10.0 Å². The van der Waals surface area contributed by atoms with Crippen LogP contribution in [-0.2, 0) is 10.2 Å². The summed E-state index contributed by atoms with van der Waals surface area (Å²) in [5, 5.41) is 10.5. The van der Waals surface area contributed by atoms with Crippen molar-refractivity contribution in [2.24, 2.45) is 0 Å². The summed E-state index contributed by atoms with van der Waals surface area (Å²) in [6.07, 6.45) is 1.98. The number of benzene rings is 1. The summed E-state index contributed by atoms with van der Waals surface area (Å²) in [5.74, 6) is -0.395. The van der Waals surface area contributed by atoms with E-state index in [1.807, 2.05) is 0 Å². The predicted octanol–water partition coefficient (Wildman–Crippen LogP) is 2.51. The molecule has 2 aromatic rings. The topological polar surface area (TPSA) is 53.4 Å². The van der Waals surface area contributed by atoms with Gasteiger partial charge in [0, 0.05) is 24.1 Å². The molecule has 1 spiro atoms. The van der Waals surface area contributed by atoms with E-state index in [0.29, 0.717) is 22.8 Å². The maximum atomic E-state index is 13.7. The zero-order valence-electron chi connectivity index (χ0n) is 11.2. The minimum absolute atomic E-state index is 0.0162. The Morgan fingerprint density at radius 3 is 2.86 bits per heavy atom. The number of hydrogen-bond donors (Lipinski definition) is 1. The summed E-state index contributed by atoms with van der Waals surface area (Å²) in [7, 11) is 1.71. The second-order valence-corrected chi connectivity index (χ2v) is 6.66. The predicted molar refractivity (Wildman–Crippen MR) is 79.7 cm³/mol. The fourth-order valence-electron chi connectivity index (χ4n) is 3.59. The molecule has 0 unspecified atom stereocenters. The minimum atomic E-state index is -0.679. The van der Waals surface area contributed by atoms with Crippen LogP contribution in [0.4, 0.5) is 10.1 Å². The van der Waals surface area contributed by atoms with Crippen LogP contribution in [0.2, 0.25) is 0 Å². The summed E-state index contributed by atoms with van der Waals surface area (Å²) < 4.78 is 14.0. The molecule has 1 fully saturated rings. The number of aliphatic hydroxyl groups is 1. The first-order chi connectivity index (χ1) is 9.94. The standard InChI is InChI=1S/C15H12BrFN2O2/c1-19-12-6-18-11-3-10(17)9(16)2-8(11)13(12)15(14(19)21)4-7(20)5-15/h2-3,6-7,20H,4-5H2,1H3. The molecule has 2 heterocycles. The number of carbonyl (C=O) groups is 1. The molecule has 1 aliphatic carbocycles. The van der Waals surface area contributed by atoms with Gasteiger partial charge in [-0.2, -0.15) is 0 Å². The first-order valence-corrected chi connectivity index (χ1v) is 7.48. The molecule has 108 valence electrons. The molecular weight excluding hydrogens is 339 g/mol. The average molecular weight is 351 g/mol. The van der Waals surface area contributed by atoms with Crippen molar-refractivity contribution in [2.75, 3.05) is 11.9 Å². The van der Waals surface area contributed by atoms with Crippen LogP contribution in [0.5, 0.6) is 0 Å². The number of nitrogens with zero attached hydrogens (tertiary/aromatic N) is 2. The molecule has 0 saturated heterocycles. The number of fused-ring (bicyclic) bond motifs is 4. The largest absolute Gasteiger partial charge is 0.393 e. The van der Waals surface area contributed by atoms with Crippen molar-refractivity contribution >= 4 is 38.4 Å². The fourth-order valence-corrected chi connectivity index (χ4v) is 3.94. The molecule has 1 N–H and O–H groups in total. The van der Waals surface area contributed by atoms with Crippen molar-refractivity contribution in [3.8, 4) is 0 Å². The molecule has 0 bridgehead atoms. The van der Waals surface area contributed by atoms with Gasteiger partial charge in [0.1, 0.15) is 5.82 Å². The number of aromatic nitrogens is 1. The Hall–Kier alpha value is -1.53. The van der Waals surface area contributed by atoms with Crippen molar-refractivity contribution in [3.63, 3.8) is 0 Å². The number of halogens is 2. The lowest BCUT2D eigenvalue weighted by atomic mass is 9.63. The summed E-state index contributed by atoms with van der Waals surface area (Å²) in [6, 6.07) is 3.04. The van der Waals surface area contributed by atoms with E-state index in [1.54, 1.807) is 24.2 Å². The number of anilines is 1. The summed E-state index contributed by atoms with van der Waals surface area (Å²) in [4.78, 5) is 18.5. The molecule has 2 aliphatic rings. The summed E-state index contributed by atoms with van der Waals surface area (Å²) in [6.45, 7) is 0. The van der Waals surface area contributed by atoms with Crippen LogP contribution in [0.3, 0.4) is 0 Å². The molecule has 0 radical (unpaired) electrons. The van der Waals surface area contributed by atoms with Crippen molar-refractivity contribution < 1.29 is 14.3 Å². The first-order valence-electron chi connectivity index (χ1n) is 6.68. The van der Waals surface area contributed by atoms with Crippen molar-refractivity contribution in [1.82, 2.24) is 4.98 Å². The highest BCUT2D eigenvalue weighted by Crippen LogP contribution is 2.55. The lowest BCUT2D eigenvalue weighted by molar-refractivity contribution is -0.130. The SMILES string of the molecule is CN1C(=O)C2(CC(O)C2)c2c1cnc1cc(F)c(Br)cc21. The Morgan fingerprint density at radius 1 is 1.48 bits per heavy atom. The Balaban J connectivity index is 2.07. The molecule has 1 aromatic heterocycles. The number of amides is 1. The molecule has 4 nitrogen and oxygen atoms in total. The van der Waals surface area contributed by atoms with Crippen molar-refractivity contribution in [1.29, 1.82) is 0 Å². The highest BCUT2D eigenvalue weighted by molar-refractivity contribution is 9.10. The van der Waals surface area contributed by atoms with Gasteiger partial charge in [-0.05, 0) is 34.8 Å². The lowest BCUT2D eigenvalue weighted by Gasteiger charge is -2.41. The van der Waals surface area contributed by atoms with Crippen molar-refractivity contribution in [2.45, 2.75) is 24.4 Å². The van der Waals surface area contributed by atoms with Crippen LogP contribution in [0, 0.1) is 5.82 Å². The van der Waals surface area contributed by atoms with Gasteiger partial charge in [0.2, 0.25) is 5.91 Å². The molecule has 21 heavy (non-hydrogen) atoms. The maximum Gasteiger partial charge on any atom is 0.237 e. The van der Waals surface area contributed by atoms with E-state index in [1.165, 1.54) is 6.07 Å². The minimum Gasteiger partial charge on any atom is -0.393 e. The highest BCUT2D eigenvalue weighted by Gasteiger charge is 2.58. The van der Waals surface area contributed by atoms with E-state index < -0.39 is 11.5 Å². The van der Waals surface area contributed by atoms with Crippen molar-refractivity contribution in [3.05, 3.63) is 34.2 Å². The molecule has 1 aliphatic heterocycles. The second kappa shape index (κ2) is 4.01. The number of carbonyl (C=O) groups excluding carboxylic acids is 1. The monoisotopic (exact) mass is 350 g/mol. The van der Waals surface area contributed by atoms with Gasteiger partial charge in [0.05, 0.1) is 33.4 Å². The number of pyridine rings is 1. The maximum absolute atomic E-state index is 13.7. The third-order valence-corrected chi connectivity index (χ3v) is 5.22. The lowest BCUT2D eigenvalue weighted by Crippen LogP contribution is -2.51. The zero-order chi connectivity index (χ0) is 14.9. The summed E-state index contributed by atoms with van der Waals surface area (Å²) >= 11 is 3.19. The van der Waals surface area contributed by atoms with Gasteiger partial charge in [0.15, 0.2) is 0 Å². The molecule has 1 amide bonds. The van der Waals surface area contributed by atoms with E-state index in [4.69, 9.17) is 0 Å². The first kappa shape index (κ1) is 13.2. The summed E-state index contributed by atoms with van der Waals surface area (Å²) in [5.41, 5.74) is 1.46. The molecular formula is C15H12BrFN2O2. The number of rotatable bonds is 0. The van der Waals surface area contributed by atoms with Gasteiger partial charge in [-0.3, -0.25) is 9.78 Å². The Morgan fingerprint density at radius 2 is 2.19 bits per heavy atom. The van der Waals surface area contributed by atoms with Crippen LogP contribution in [-0.4, -0.2) is 29.1 Å². The van der Waals surface area contributed by atoms with Crippen LogP contribution in [0.15, 0.2) is 22.8 Å². The smallest absolute Gasteiger partial charge is 0.237 e. The Labute approximate surface area is 128 Å². The van der Waals surface area contributed by atoms with Gasteiger partial charge >= 0.3 is 0 Å². The fraction of sp³-hybridized carbons (Fsp3) is 0.333. The Kier molecular flexibility index (Phi) is 2.52. The van der Waals surface area contributed by atoms with E-state index in [-0.39, 0.29) is 11.7 Å². The number of aliphatic hydroxyl groups excluding tert-OH is 1. The number of likely N-dealkylation sites (N-methyl/N-ethyl adjacent to an activating group) is 1. The van der Waals surface area contributed by atoms with E-state index in [2.05, 4.69) is 20.9 Å². The van der Waals surface area contributed by atoms with E-state index in [9.17, 15) is 14.3 Å². The van der Waals surface area contributed by atoms with Gasteiger partial charge in [0.25, 0.3) is 0 Å². The second-order valence-electron chi connectivity index (χ2n) is 5.81. The quantitative estimate of drug-likeness (QED) is 0.794. The van der Waals surface area contributed by atoms with Crippen LogP contribution in [0.1, 0.15) is 18.4 Å².